The number of amides is 1. The van der Waals surface area contributed by atoms with Gasteiger partial charge in [-0.15, -0.1) is 0 Å². The zero-order valence-corrected chi connectivity index (χ0v) is 12.0. The normalized spacial score (nSPS) is 10.9. The number of rotatable bonds is 4. The van der Waals surface area contributed by atoms with Gasteiger partial charge in [-0.05, 0) is 36.4 Å². The molecule has 0 aliphatic carbocycles. The number of carbonyl (C=O) groups excluding carboxylic acids is 1. The number of benzene rings is 1. The van der Waals surface area contributed by atoms with Gasteiger partial charge in [0.2, 0.25) is 5.91 Å². The summed E-state index contributed by atoms with van der Waals surface area (Å²) >= 11 is 0. The van der Waals surface area contributed by atoms with Crippen molar-refractivity contribution in [3.63, 3.8) is 0 Å². The van der Waals surface area contributed by atoms with Gasteiger partial charge in [0, 0.05) is 12.6 Å². The summed E-state index contributed by atoms with van der Waals surface area (Å²) in [5.74, 6) is 0.0932. The van der Waals surface area contributed by atoms with Crippen LogP contribution in [-0.2, 0) is 14.8 Å². The predicted molar refractivity (Wildman–Crippen MR) is 80.2 cm³/mol. The third-order valence-electron chi connectivity index (χ3n) is 2.51. The number of nitrogens with one attached hydrogen (secondary N) is 2. The third-order valence-corrected chi connectivity index (χ3v) is 3.91. The van der Waals surface area contributed by atoms with E-state index in [1.807, 2.05) is 0 Å². The van der Waals surface area contributed by atoms with Crippen LogP contribution in [0.5, 0.6) is 0 Å². The summed E-state index contributed by atoms with van der Waals surface area (Å²) in [6.45, 7) is 1.36. The first-order chi connectivity index (χ1) is 9.87. The van der Waals surface area contributed by atoms with E-state index in [1.54, 1.807) is 0 Å². The van der Waals surface area contributed by atoms with E-state index in [0.717, 1.165) is 0 Å². The second kappa shape index (κ2) is 5.80. The molecule has 0 unspecified atom stereocenters. The van der Waals surface area contributed by atoms with E-state index in [0.29, 0.717) is 17.2 Å². The van der Waals surface area contributed by atoms with Crippen LogP contribution in [0.25, 0.3) is 0 Å². The second-order valence-electron chi connectivity index (χ2n) is 4.29. The average molecular weight is 306 g/mol. The molecule has 1 aromatic heterocycles. The molecule has 1 aromatic carbocycles. The van der Waals surface area contributed by atoms with Crippen molar-refractivity contribution in [2.75, 3.05) is 15.8 Å². The van der Waals surface area contributed by atoms with Crippen LogP contribution in [0.3, 0.4) is 0 Å². The van der Waals surface area contributed by atoms with Crippen molar-refractivity contribution in [1.29, 1.82) is 0 Å². The molecular formula is C13H14N4O3S. The second-order valence-corrected chi connectivity index (χ2v) is 5.97. The van der Waals surface area contributed by atoms with Gasteiger partial charge < -0.3 is 11.1 Å². The molecule has 1 amide bonds. The molecule has 21 heavy (non-hydrogen) atoms. The SMILES string of the molecule is CC(=O)Nc1ccc(NS(=O)(=O)c2ccc(N)cc2)cn1. The number of sulfonamides is 1. The van der Waals surface area contributed by atoms with Crippen LogP contribution < -0.4 is 15.8 Å². The van der Waals surface area contributed by atoms with E-state index in [1.165, 1.54) is 49.5 Å². The lowest BCUT2D eigenvalue weighted by Gasteiger charge is -2.08. The maximum absolute atomic E-state index is 12.1. The molecule has 0 fully saturated rings. The molecule has 0 bridgehead atoms. The van der Waals surface area contributed by atoms with Gasteiger partial charge in [0.1, 0.15) is 5.82 Å². The minimum atomic E-state index is -3.70. The molecule has 2 rings (SSSR count). The van der Waals surface area contributed by atoms with Crippen molar-refractivity contribution >= 4 is 33.1 Å². The summed E-state index contributed by atoms with van der Waals surface area (Å²) in [6, 6.07) is 8.85. The zero-order valence-electron chi connectivity index (χ0n) is 11.2. The summed E-state index contributed by atoms with van der Waals surface area (Å²) in [7, 11) is -3.70. The van der Waals surface area contributed by atoms with E-state index < -0.39 is 10.0 Å². The highest BCUT2D eigenvalue weighted by molar-refractivity contribution is 7.92. The van der Waals surface area contributed by atoms with E-state index in [9.17, 15) is 13.2 Å². The van der Waals surface area contributed by atoms with E-state index in [-0.39, 0.29) is 10.8 Å². The molecule has 110 valence electrons. The van der Waals surface area contributed by atoms with E-state index in [4.69, 9.17) is 5.73 Å². The van der Waals surface area contributed by atoms with Crippen LogP contribution in [-0.4, -0.2) is 19.3 Å². The van der Waals surface area contributed by atoms with Crippen molar-refractivity contribution in [1.82, 2.24) is 4.98 Å². The minimum Gasteiger partial charge on any atom is -0.399 e. The molecule has 0 saturated carbocycles. The molecule has 1 heterocycles. The number of nitrogens with zero attached hydrogens (tertiary/aromatic N) is 1. The molecular weight excluding hydrogens is 292 g/mol. The first kappa shape index (κ1) is 14.8. The Morgan fingerprint density at radius 2 is 1.81 bits per heavy atom. The lowest BCUT2D eigenvalue weighted by atomic mass is 10.3. The Balaban J connectivity index is 2.16. The smallest absolute Gasteiger partial charge is 0.261 e. The monoisotopic (exact) mass is 306 g/mol. The molecule has 0 atom stereocenters. The fraction of sp³-hybridized carbons (Fsp3) is 0.0769. The first-order valence-corrected chi connectivity index (χ1v) is 7.47. The van der Waals surface area contributed by atoms with Crippen molar-refractivity contribution in [2.45, 2.75) is 11.8 Å². The van der Waals surface area contributed by atoms with Crippen molar-refractivity contribution in [3.8, 4) is 0 Å². The van der Waals surface area contributed by atoms with Crippen molar-refractivity contribution < 1.29 is 13.2 Å². The van der Waals surface area contributed by atoms with Crippen LogP contribution in [0.15, 0.2) is 47.5 Å². The molecule has 0 radical (unpaired) electrons. The molecule has 4 N–H and O–H groups in total. The largest absolute Gasteiger partial charge is 0.399 e. The number of anilines is 3. The Labute approximate surface area is 122 Å². The van der Waals surface area contributed by atoms with Gasteiger partial charge >= 0.3 is 0 Å². The number of aromatic nitrogens is 1. The standard InChI is InChI=1S/C13H14N4O3S/c1-9(18)16-13-7-4-11(8-15-13)17-21(19,20)12-5-2-10(14)3-6-12/h2-8,17H,14H2,1H3,(H,15,16,18). The molecule has 2 aromatic rings. The Morgan fingerprint density at radius 3 is 2.33 bits per heavy atom. The number of hydrogen-bond acceptors (Lipinski definition) is 5. The zero-order chi connectivity index (χ0) is 15.5. The lowest BCUT2D eigenvalue weighted by Crippen LogP contribution is -2.13. The maximum atomic E-state index is 12.1. The summed E-state index contributed by atoms with van der Waals surface area (Å²) in [4.78, 5) is 14.9. The molecule has 7 nitrogen and oxygen atoms in total. The van der Waals surface area contributed by atoms with Crippen molar-refractivity contribution in [2.24, 2.45) is 0 Å². The number of hydrogen-bond donors (Lipinski definition) is 3. The summed E-state index contributed by atoms with van der Waals surface area (Å²) < 4.78 is 26.6. The number of nitrogen functional groups attached to an aromatic ring is 1. The van der Waals surface area contributed by atoms with Crippen LogP contribution in [0.2, 0.25) is 0 Å². The highest BCUT2D eigenvalue weighted by Gasteiger charge is 2.14. The van der Waals surface area contributed by atoms with Gasteiger partial charge in [-0.3, -0.25) is 9.52 Å². The van der Waals surface area contributed by atoms with Gasteiger partial charge in [0.05, 0.1) is 16.8 Å². The molecule has 8 heteroatoms. The molecule has 0 saturated heterocycles. The average Bonchev–Trinajstić information content (AvgIpc) is 2.40. The molecule has 0 aliphatic rings. The van der Waals surface area contributed by atoms with Gasteiger partial charge in [0.15, 0.2) is 0 Å². The number of nitrogens with two attached hydrogens (primary N) is 1. The summed E-state index contributed by atoms with van der Waals surface area (Å²) in [5.41, 5.74) is 6.29. The first-order valence-electron chi connectivity index (χ1n) is 5.99. The van der Waals surface area contributed by atoms with Gasteiger partial charge in [0.25, 0.3) is 10.0 Å². The van der Waals surface area contributed by atoms with Crippen molar-refractivity contribution in [3.05, 3.63) is 42.6 Å². The lowest BCUT2D eigenvalue weighted by molar-refractivity contribution is -0.114. The van der Waals surface area contributed by atoms with Gasteiger partial charge in [-0.25, -0.2) is 13.4 Å². The molecule has 0 spiro atoms. The quantitative estimate of drug-likeness (QED) is 0.739. The Hall–Kier alpha value is -2.61. The van der Waals surface area contributed by atoms with Crippen LogP contribution in [0.4, 0.5) is 17.2 Å². The Bertz CT molecular complexity index is 740. The van der Waals surface area contributed by atoms with E-state index >= 15 is 0 Å². The maximum Gasteiger partial charge on any atom is 0.261 e. The van der Waals surface area contributed by atoms with Crippen LogP contribution in [0.1, 0.15) is 6.92 Å². The van der Waals surface area contributed by atoms with Crippen LogP contribution >= 0.6 is 0 Å². The third kappa shape index (κ3) is 3.93. The predicted octanol–water partition coefficient (Wildman–Crippen LogP) is 1.42. The fourth-order valence-electron chi connectivity index (χ4n) is 1.57. The summed E-state index contributed by atoms with van der Waals surface area (Å²) in [6.07, 6.45) is 1.32. The number of pyridine rings is 1. The highest BCUT2D eigenvalue weighted by atomic mass is 32.2. The summed E-state index contributed by atoms with van der Waals surface area (Å²) in [5, 5.41) is 2.49. The topological polar surface area (TPSA) is 114 Å². The van der Waals surface area contributed by atoms with Gasteiger partial charge in [-0.2, -0.15) is 0 Å². The van der Waals surface area contributed by atoms with Crippen LogP contribution in [0, 0.1) is 0 Å². The fourth-order valence-corrected chi connectivity index (χ4v) is 2.61. The Kier molecular flexibility index (Phi) is 4.08. The minimum absolute atomic E-state index is 0.0997. The highest BCUT2D eigenvalue weighted by Crippen LogP contribution is 2.17. The number of carbonyl (C=O) groups is 1. The molecule has 0 aliphatic heterocycles. The Morgan fingerprint density at radius 1 is 1.14 bits per heavy atom. The van der Waals surface area contributed by atoms with E-state index in [2.05, 4.69) is 15.0 Å². The van der Waals surface area contributed by atoms with Gasteiger partial charge in [-0.1, -0.05) is 0 Å².